The van der Waals surface area contributed by atoms with E-state index in [9.17, 15) is 9.59 Å². The van der Waals surface area contributed by atoms with Crippen LogP contribution in [0.3, 0.4) is 0 Å². The molecule has 1 unspecified atom stereocenters. The summed E-state index contributed by atoms with van der Waals surface area (Å²) >= 11 is 0. The highest BCUT2D eigenvalue weighted by Gasteiger charge is 2.31. The minimum atomic E-state index is -0.353. The number of nitrogens with zero attached hydrogens (tertiary/aromatic N) is 4. The van der Waals surface area contributed by atoms with E-state index < -0.39 is 0 Å². The third-order valence-corrected chi connectivity index (χ3v) is 3.58. The Morgan fingerprint density at radius 3 is 2.82 bits per heavy atom. The van der Waals surface area contributed by atoms with Gasteiger partial charge in [0, 0.05) is 13.6 Å². The van der Waals surface area contributed by atoms with Gasteiger partial charge in [-0.1, -0.05) is 35.5 Å². The molecule has 8 heteroatoms. The van der Waals surface area contributed by atoms with Crippen LogP contribution in [0.2, 0.25) is 0 Å². The van der Waals surface area contributed by atoms with Crippen LogP contribution in [-0.2, 0) is 11.8 Å². The molecular formula is C14H16N6O2. The van der Waals surface area contributed by atoms with E-state index in [0.717, 1.165) is 5.56 Å². The molecule has 22 heavy (non-hydrogen) atoms. The molecule has 1 aromatic heterocycles. The van der Waals surface area contributed by atoms with Crippen LogP contribution in [0.4, 0.5) is 10.6 Å². The molecule has 1 saturated heterocycles. The lowest BCUT2D eigenvalue weighted by molar-refractivity contribution is -0.124. The Labute approximate surface area is 127 Å². The van der Waals surface area contributed by atoms with Crippen LogP contribution in [0.1, 0.15) is 11.6 Å². The van der Waals surface area contributed by atoms with Gasteiger partial charge in [0.1, 0.15) is 6.54 Å². The monoisotopic (exact) mass is 300 g/mol. The first-order chi connectivity index (χ1) is 10.6. The fraction of sp³-hybridized carbons (Fsp3) is 0.286. The summed E-state index contributed by atoms with van der Waals surface area (Å²) in [5, 5.41) is 13.0. The van der Waals surface area contributed by atoms with Crippen molar-refractivity contribution in [3.8, 4) is 0 Å². The molecule has 1 atom stereocenters. The van der Waals surface area contributed by atoms with E-state index in [0.29, 0.717) is 12.4 Å². The number of benzene rings is 1. The van der Waals surface area contributed by atoms with E-state index in [1.54, 1.807) is 7.05 Å². The highest BCUT2D eigenvalue weighted by molar-refractivity contribution is 5.92. The molecule has 1 fully saturated rings. The van der Waals surface area contributed by atoms with Gasteiger partial charge in [-0.2, -0.15) is 0 Å². The van der Waals surface area contributed by atoms with Gasteiger partial charge in [-0.25, -0.2) is 9.48 Å². The predicted molar refractivity (Wildman–Crippen MR) is 78.9 cm³/mol. The van der Waals surface area contributed by atoms with Crippen LogP contribution >= 0.6 is 0 Å². The van der Waals surface area contributed by atoms with E-state index in [1.165, 1.54) is 15.8 Å². The van der Waals surface area contributed by atoms with Gasteiger partial charge in [0.25, 0.3) is 0 Å². The van der Waals surface area contributed by atoms with Gasteiger partial charge in [-0.3, -0.25) is 10.1 Å². The molecule has 114 valence electrons. The number of hydrogen-bond donors (Lipinski definition) is 2. The summed E-state index contributed by atoms with van der Waals surface area (Å²) in [6.45, 7) is 0.399. The molecular weight excluding hydrogens is 284 g/mol. The third-order valence-electron chi connectivity index (χ3n) is 3.58. The topological polar surface area (TPSA) is 92.2 Å². The second-order valence-electron chi connectivity index (χ2n) is 5.03. The standard InChI is InChI=1S/C14H16N6O2/c1-19-12(8-16-18-19)17-14(22)20-9-13(21)15-7-11(20)10-5-3-2-4-6-10/h2-6,8,11H,7,9H2,1H3,(H,15,21)(H,17,22). The second-order valence-corrected chi connectivity index (χ2v) is 5.03. The van der Waals surface area contributed by atoms with Gasteiger partial charge < -0.3 is 10.2 Å². The Kier molecular flexibility index (Phi) is 3.73. The maximum absolute atomic E-state index is 12.5. The molecule has 8 nitrogen and oxygen atoms in total. The van der Waals surface area contributed by atoms with E-state index in [4.69, 9.17) is 0 Å². The first-order valence-electron chi connectivity index (χ1n) is 6.89. The molecule has 0 radical (unpaired) electrons. The van der Waals surface area contributed by atoms with Gasteiger partial charge >= 0.3 is 6.03 Å². The Balaban J connectivity index is 1.82. The zero-order valence-corrected chi connectivity index (χ0v) is 12.1. The highest BCUT2D eigenvalue weighted by atomic mass is 16.2. The predicted octanol–water partition coefficient (Wildman–Crippen LogP) is 0.520. The average Bonchev–Trinajstić information content (AvgIpc) is 2.93. The number of nitrogens with one attached hydrogen (secondary N) is 2. The number of amides is 3. The summed E-state index contributed by atoms with van der Waals surface area (Å²) in [6, 6.07) is 9.05. The van der Waals surface area contributed by atoms with Gasteiger partial charge in [0.2, 0.25) is 5.91 Å². The lowest BCUT2D eigenvalue weighted by atomic mass is 10.0. The van der Waals surface area contributed by atoms with Crippen molar-refractivity contribution >= 4 is 17.8 Å². The minimum Gasteiger partial charge on any atom is -0.352 e. The van der Waals surface area contributed by atoms with Gasteiger partial charge in [-0.15, -0.1) is 5.10 Å². The number of carbonyl (C=O) groups is 2. The van der Waals surface area contributed by atoms with Crippen molar-refractivity contribution in [1.82, 2.24) is 25.2 Å². The lowest BCUT2D eigenvalue weighted by Crippen LogP contribution is -2.53. The van der Waals surface area contributed by atoms with Crippen molar-refractivity contribution < 1.29 is 9.59 Å². The van der Waals surface area contributed by atoms with Crippen molar-refractivity contribution in [3.63, 3.8) is 0 Å². The first kappa shape index (κ1) is 14.1. The lowest BCUT2D eigenvalue weighted by Gasteiger charge is -2.35. The van der Waals surface area contributed by atoms with E-state index in [1.807, 2.05) is 30.3 Å². The fourth-order valence-electron chi connectivity index (χ4n) is 2.41. The minimum absolute atomic E-state index is 0.0106. The zero-order chi connectivity index (χ0) is 15.5. The second kappa shape index (κ2) is 5.84. The van der Waals surface area contributed by atoms with E-state index >= 15 is 0 Å². The molecule has 0 aliphatic carbocycles. The first-order valence-corrected chi connectivity index (χ1v) is 6.89. The summed E-state index contributed by atoms with van der Waals surface area (Å²) in [5.74, 6) is 0.299. The Hall–Kier alpha value is -2.90. The van der Waals surface area contributed by atoms with Crippen LogP contribution in [-0.4, -0.2) is 44.9 Å². The van der Waals surface area contributed by atoms with Crippen LogP contribution in [0.5, 0.6) is 0 Å². The van der Waals surface area contributed by atoms with Gasteiger partial charge in [-0.05, 0) is 5.56 Å². The molecule has 2 aromatic rings. The molecule has 3 rings (SSSR count). The molecule has 1 aliphatic rings. The largest absolute Gasteiger partial charge is 0.352 e. The molecule has 2 heterocycles. The smallest absolute Gasteiger partial charge is 0.324 e. The summed E-state index contributed by atoms with van der Waals surface area (Å²) < 4.78 is 1.46. The number of rotatable bonds is 2. The Bertz CT molecular complexity index is 684. The van der Waals surface area contributed by atoms with Crippen molar-refractivity contribution in [2.45, 2.75) is 6.04 Å². The number of anilines is 1. The van der Waals surface area contributed by atoms with Crippen LogP contribution in [0.15, 0.2) is 36.5 Å². The maximum Gasteiger partial charge on any atom is 0.324 e. The maximum atomic E-state index is 12.5. The summed E-state index contributed by atoms with van der Waals surface area (Å²) in [5.41, 5.74) is 0.973. The van der Waals surface area contributed by atoms with Crippen molar-refractivity contribution in [2.75, 3.05) is 18.4 Å². The number of urea groups is 1. The number of carbonyl (C=O) groups excluding carboxylic acids is 2. The summed E-state index contributed by atoms with van der Waals surface area (Å²) in [7, 11) is 1.68. The van der Waals surface area contributed by atoms with Crippen LogP contribution < -0.4 is 10.6 Å². The highest BCUT2D eigenvalue weighted by Crippen LogP contribution is 2.23. The molecule has 1 aliphatic heterocycles. The SMILES string of the molecule is Cn1nncc1NC(=O)N1CC(=O)NCC1c1ccccc1. The number of hydrogen-bond acceptors (Lipinski definition) is 4. The Morgan fingerprint density at radius 1 is 1.36 bits per heavy atom. The number of aromatic nitrogens is 3. The zero-order valence-electron chi connectivity index (χ0n) is 12.1. The average molecular weight is 300 g/mol. The van der Waals surface area contributed by atoms with Gasteiger partial charge in [0.05, 0.1) is 12.2 Å². The third kappa shape index (κ3) is 2.76. The Morgan fingerprint density at radius 2 is 2.14 bits per heavy atom. The van der Waals surface area contributed by atoms with E-state index in [2.05, 4.69) is 20.9 Å². The summed E-state index contributed by atoms with van der Waals surface area (Å²) in [4.78, 5) is 25.7. The van der Waals surface area contributed by atoms with Gasteiger partial charge in [0.15, 0.2) is 5.82 Å². The molecule has 2 N–H and O–H groups in total. The fourth-order valence-corrected chi connectivity index (χ4v) is 2.41. The normalized spacial score (nSPS) is 18.0. The van der Waals surface area contributed by atoms with Crippen molar-refractivity contribution in [3.05, 3.63) is 42.1 Å². The number of piperazine rings is 1. The quantitative estimate of drug-likeness (QED) is 0.845. The van der Waals surface area contributed by atoms with Crippen LogP contribution in [0, 0.1) is 0 Å². The number of aryl methyl sites for hydroxylation is 1. The molecule has 0 bridgehead atoms. The van der Waals surface area contributed by atoms with Crippen LogP contribution in [0.25, 0.3) is 0 Å². The van der Waals surface area contributed by atoms with E-state index in [-0.39, 0.29) is 24.5 Å². The molecule has 3 amide bonds. The van der Waals surface area contributed by atoms with Crippen molar-refractivity contribution in [1.29, 1.82) is 0 Å². The summed E-state index contributed by atoms with van der Waals surface area (Å²) in [6.07, 6.45) is 1.46. The van der Waals surface area contributed by atoms with Crippen molar-refractivity contribution in [2.24, 2.45) is 7.05 Å². The molecule has 1 aromatic carbocycles. The molecule has 0 spiro atoms. The molecule has 0 saturated carbocycles.